The van der Waals surface area contributed by atoms with E-state index in [2.05, 4.69) is 21.2 Å². The number of nitrogens with one attached hydrogen (secondary N) is 1. The van der Waals surface area contributed by atoms with E-state index in [-0.39, 0.29) is 0 Å². The van der Waals surface area contributed by atoms with E-state index in [0.29, 0.717) is 18.2 Å². The lowest BCUT2D eigenvalue weighted by Gasteiger charge is -2.23. The van der Waals surface area contributed by atoms with Crippen LogP contribution in [0.3, 0.4) is 0 Å². The summed E-state index contributed by atoms with van der Waals surface area (Å²) in [6.45, 7) is 1.71. The van der Waals surface area contributed by atoms with Gasteiger partial charge in [0.2, 0.25) is 5.91 Å². The molecule has 0 spiro atoms. The van der Waals surface area contributed by atoms with E-state index < -0.39 is 5.91 Å². The van der Waals surface area contributed by atoms with Gasteiger partial charge in [-0.15, -0.1) is 0 Å². The number of halogens is 1. The minimum atomic E-state index is -0.434. The lowest BCUT2D eigenvalue weighted by atomic mass is 10.1. The summed E-state index contributed by atoms with van der Waals surface area (Å²) in [6, 6.07) is 5.55. The van der Waals surface area contributed by atoms with Crippen LogP contribution in [0.5, 0.6) is 5.75 Å². The Balaban J connectivity index is 1.94. The van der Waals surface area contributed by atoms with Crippen LogP contribution in [0.15, 0.2) is 22.7 Å². The van der Waals surface area contributed by atoms with Crippen molar-refractivity contribution in [1.82, 2.24) is 5.32 Å². The second kappa shape index (κ2) is 6.20. The number of carbonyl (C=O) groups is 1. The molecule has 0 saturated carbocycles. The Hall–Kier alpha value is -1.07. The molecule has 1 aliphatic rings. The van der Waals surface area contributed by atoms with Crippen molar-refractivity contribution in [2.75, 3.05) is 13.2 Å². The Bertz CT molecular complexity index is 431. The van der Waals surface area contributed by atoms with Gasteiger partial charge in [0.1, 0.15) is 12.4 Å². The van der Waals surface area contributed by atoms with Crippen LogP contribution >= 0.6 is 15.9 Å². The first-order chi connectivity index (χ1) is 8.66. The number of hydrogen-bond acceptors (Lipinski definition) is 3. The van der Waals surface area contributed by atoms with E-state index in [0.717, 1.165) is 23.2 Å². The molecule has 5 heteroatoms. The summed E-state index contributed by atoms with van der Waals surface area (Å²) >= 11 is 3.39. The van der Waals surface area contributed by atoms with Crippen LogP contribution in [-0.4, -0.2) is 25.1 Å². The van der Waals surface area contributed by atoms with E-state index >= 15 is 0 Å². The first kappa shape index (κ1) is 13.4. The van der Waals surface area contributed by atoms with Gasteiger partial charge in [-0.3, -0.25) is 4.79 Å². The van der Waals surface area contributed by atoms with Crippen molar-refractivity contribution < 1.29 is 9.53 Å². The van der Waals surface area contributed by atoms with Gasteiger partial charge in [0.05, 0.1) is 4.47 Å². The second-order valence-corrected chi connectivity index (χ2v) is 5.32. The first-order valence-electron chi connectivity index (χ1n) is 6.12. The fourth-order valence-electron chi connectivity index (χ4n) is 2.03. The fourth-order valence-corrected chi connectivity index (χ4v) is 2.52. The molecule has 98 valence electrons. The number of carbonyl (C=O) groups excluding carboxylic acids is 1. The summed E-state index contributed by atoms with van der Waals surface area (Å²) in [5.41, 5.74) is 5.69. The van der Waals surface area contributed by atoms with Crippen LogP contribution in [0, 0.1) is 0 Å². The SMILES string of the molecule is NC(=O)c1ccc(OCC2CCCCN2)c(Br)c1. The van der Waals surface area contributed by atoms with Gasteiger partial charge in [-0.2, -0.15) is 0 Å². The number of rotatable bonds is 4. The highest BCUT2D eigenvalue weighted by molar-refractivity contribution is 9.10. The van der Waals surface area contributed by atoms with Gasteiger partial charge in [-0.25, -0.2) is 0 Å². The van der Waals surface area contributed by atoms with Crippen molar-refractivity contribution in [2.24, 2.45) is 5.73 Å². The van der Waals surface area contributed by atoms with E-state index in [1.807, 2.05) is 0 Å². The Labute approximate surface area is 115 Å². The number of ether oxygens (including phenoxy) is 1. The van der Waals surface area contributed by atoms with Crippen molar-refractivity contribution in [3.05, 3.63) is 28.2 Å². The highest BCUT2D eigenvalue weighted by atomic mass is 79.9. The molecule has 1 saturated heterocycles. The largest absolute Gasteiger partial charge is 0.491 e. The Morgan fingerprint density at radius 2 is 2.33 bits per heavy atom. The minimum absolute atomic E-state index is 0.418. The third-order valence-electron chi connectivity index (χ3n) is 3.07. The van der Waals surface area contributed by atoms with Gasteiger partial charge in [0.25, 0.3) is 0 Å². The molecule has 1 aromatic carbocycles. The van der Waals surface area contributed by atoms with Gasteiger partial charge in [0.15, 0.2) is 0 Å². The van der Waals surface area contributed by atoms with E-state index in [1.165, 1.54) is 12.8 Å². The van der Waals surface area contributed by atoms with Crippen molar-refractivity contribution in [2.45, 2.75) is 25.3 Å². The third kappa shape index (κ3) is 3.46. The van der Waals surface area contributed by atoms with Crippen LogP contribution in [-0.2, 0) is 0 Å². The zero-order chi connectivity index (χ0) is 13.0. The van der Waals surface area contributed by atoms with Crippen LogP contribution in [0.1, 0.15) is 29.6 Å². The molecule has 1 atom stereocenters. The summed E-state index contributed by atoms with van der Waals surface area (Å²) in [6.07, 6.45) is 3.65. The zero-order valence-electron chi connectivity index (χ0n) is 10.1. The van der Waals surface area contributed by atoms with E-state index in [4.69, 9.17) is 10.5 Å². The number of hydrogen-bond donors (Lipinski definition) is 2. The molecular formula is C13H17BrN2O2. The van der Waals surface area contributed by atoms with Gasteiger partial charge < -0.3 is 15.8 Å². The molecule has 4 nitrogen and oxygen atoms in total. The molecule has 18 heavy (non-hydrogen) atoms. The van der Waals surface area contributed by atoms with Gasteiger partial charge in [-0.1, -0.05) is 6.42 Å². The highest BCUT2D eigenvalue weighted by Crippen LogP contribution is 2.26. The molecule has 0 aliphatic carbocycles. The molecule has 3 N–H and O–H groups in total. The first-order valence-corrected chi connectivity index (χ1v) is 6.91. The third-order valence-corrected chi connectivity index (χ3v) is 3.69. The predicted molar refractivity (Wildman–Crippen MR) is 73.8 cm³/mol. The van der Waals surface area contributed by atoms with Gasteiger partial charge in [-0.05, 0) is 53.5 Å². The Morgan fingerprint density at radius 1 is 1.50 bits per heavy atom. The molecule has 2 rings (SSSR count). The number of benzene rings is 1. The van der Waals surface area contributed by atoms with Crippen molar-refractivity contribution in [3.8, 4) is 5.75 Å². The number of amides is 1. The van der Waals surface area contributed by atoms with Crippen molar-refractivity contribution >= 4 is 21.8 Å². The Morgan fingerprint density at radius 3 is 2.94 bits per heavy atom. The van der Waals surface area contributed by atoms with Crippen molar-refractivity contribution in [1.29, 1.82) is 0 Å². The predicted octanol–water partition coefficient (Wildman–Crippen LogP) is 2.07. The van der Waals surface area contributed by atoms with Crippen LogP contribution in [0.4, 0.5) is 0 Å². The second-order valence-electron chi connectivity index (χ2n) is 4.47. The molecular weight excluding hydrogens is 296 g/mol. The summed E-state index contributed by atoms with van der Waals surface area (Å²) in [4.78, 5) is 11.0. The smallest absolute Gasteiger partial charge is 0.248 e. The highest BCUT2D eigenvalue weighted by Gasteiger charge is 2.14. The van der Waals surface area contributed by atoms with Crippen molar-refractivity contribution in [3.63, 3.8) is 0 Å². The summed E-state index contributed by atoms with van der Waals surface area (Å²) in [7, 11) is 0. The van der Waals surface area contributed by atoms with Crippen LogP contribution < -0.4 is 15.8 Å². The quantitative estimate of drug-likeness (QED) is 0.894. The molecule has 1 aromatic rings. The maximum absolute atomic E-state index is 11.0. The topological polar surface area (TPSA) is 64.4 Å². The van der Waals surface area contributed by atoms with Gasteiger partial charge >= 0.3 is 0 Å². The number of nitrogens with two attached hydrogens (primary N) is 1. The van der Waals surface area contributed by atoms with Crippen LogP contribution in [0.2, 0.25) is 0 Å². The average Bonchev–Trinajstić information content (AvgIpc) is 2.38. The molecule has 0 aromatic heterocycles. The standard InChI is InChI=1S/C13H17BrN2O2/c14-11-7-9(13(15)17)4-5-12(11)18-8-10-3-1-2-6-16-10/h4-5,7,10,16H,1-3,6,8H2,(H2,15,17). The molecule has 1 unspecified atom stereocenters. The minimum Gasteiger partial charge on any atom is -0.491 e. The molecule has 1 aliphatic heterocycles. The monoisotopic (exact) mass is 312 g/mol. The Kier molecular flexibility index (Phi) is 4.60. The lowest BCUT2D eigenvalue weighted by Crippen LogP contribution is -2.38. The molecule has 0 bridgehead atoms. The number of piperidine rings is 1. The zero-order valence-corrected chi connectivity index (χ0v) is 11.7. The molecule has 0 radical (unpaired) electrons. The fraction of sp³-hybridized carbons (Fsp3) is 0.462. The number of primary amides is 1. The van der Waals surface area contributed by atoms with Gasteiger partial charge in [0, 0.05) is 11.6 Å². The van der Waals surface area contributed by atoms with E-state index in [9.17, 15) is 4.79 Å². The lowest BCUT2D eigenvalue weighted by molar-refractivity contribution is 0.1000. The normalized spacial score (nSPS) is 19.5. The average molecular weight is 313 g/mol. The maximum Gasteiger partial charge on any atom is 0.248 e. The van der Waals surface area contributed by atoms with Crippen LogP contribution in [0.25, 0.3) is 0 Å². The van der Waals surface area contributed by atoms with E-state index in [1.54, 1.807) is 18.2 Å². The summed E-state index contributed by atoms with van der Waals surface area (Å²) in [5.74, 6) is 0.309. The molecule has 1 fully saturated rings. The molecule has 1 amide bonds. The maximum atomic E-state index is 11.0. The summed E-state index contributed by atoms with van der Waals surface area (Å²) in [5, 5.41) is 3.42. The summed E-state index contributed by atoms with van der Waals surface area (Å²) < 4.78 is 6.51. The molecule has 1 heterocycles.